The smallest absolute Gasteiger partial charge is 0.410 e. The number of ether oxygens (including phenoxy) is 2. The van der Waals surface area contributed by atoms with Crippen LogP contribution in [-0.4, -0.2) is 72.6 Å². The summed E-state index contributed by atoms with van der Waals surface area (Å²) in [5.74, 6) is -0.497. The van der Waals surface area contributed by atoms with Crippen molar-refractivity contribution in [2.24, 2.45) is 0 Å². The number of benzene rings is 1. The minimum absolute atomic E-state index is 0.0987. The van der Waals surface area contributed by atoms with Crippen molar-refractivity contribution >= 4 is 34.4 Å². The maximum atomic E-state index is 13.9. The predicted octanol–water partition coefficient (Wildman–Crippen LogP) is 5.56. The van der Waals surface area contributed by atoms with E-state index in [1.807, 2.05) is 20.8 Å². The minimum Gasteiger partial charge on any atom is -0.490 e. The number of anilines is 2. The molecule has 0 aliphatic carbocycles. The lowest BCUT2D eigenvalue weighted by atomic mass is 10.1. The van der Waals surface area contributed by atoms with Gasteiger partial charge in [-0.25, -0.2) is 18.6 Å². The van der Waals surface area contributed by atoms with Crippen LogP contribution in [0.4, 0.5) is 25.2 Å². The first-order valence-electron chi connectivity index (χ1n) is 13.9. The second-order valence-corrected chi connectivity index (χ2v) is 11.4. The molecule has 1 fully saturated rings. The molecular weight excluding hydrogens is 558 g/mol. The quantitative estimate of drug-likeness (QED) is 0.252. The van der Waals surface area contributed by atoms with Gasteiger partial charge >= 0.3 is 6.09 Å². The number of rotatable bonds is 6. The number of amides is 1. The van der Waals surface area contributed by atoms with Crippen LogP contribution in [0.3, 0.4) is 0 Å². The third-order valence-corrected chi connectivity index (χ3v) is 7.04. The summed E-state index contributed by atoms with van der Waals surface area (Å²) in [7, 11) is 1.79. The Morgan fingerprint density at radius 1 is 1.07 bits per heavy atom. The van der Waals surface area contributed by atoms with E-state index in [2.05, 4.69) is 25.3 Å². The Morgan fingerprint density at radius 3 is 2.63 bits per heavy atom. The summed E-state index contributed by atoms with van der Waals surface area (Å²) in [6.45, 7) is 6.48. The van der Waals surface area contributed by atoms with Crippen LogP contribution in [0, 0.1) is 11.6 Å². The third-order valence-electron chi connectivity index (χ3n) is 7.04. The van der Waals surface area contributed by atoms with Crippen LogP contribution in [0.25, 0.3) is 27.9 Å². The molecule has 1 saturated heterocycles. The number of hydrogen-bond acceptors (Lipinski definition) is 9. The van der Waals surface area contributed by atoms with Crippen LogP contribution in [-0.2, 0) is 4.74 Å². The molecule has 4 aromatic heterocycles. The van der Waals surface area contributed by atoms with Gasteiger partial charge in [-0.2, -0.15) is 9.61 Å². The topological polar surface area (TPSA) is 111 Å². The highest BCUT2D eigenvalue weighted by molar-refractivity contribution is 5.90. The number of carbonyl (C=O) groups excluding carboxylic acids is 1. The second-order valence-electron chi connectivity index (χ2n) is 11.4. The molecule has 5 aromatic rings. The number of nitrogens with zero attached hydrogens (tertiary/aromatic N) is 8. The van der Waals surface area contributed by atoms with E-state index < -0.39 is 17.2 Å². The summed E-state index contributed by atoms with van der Waals surface area (Å²) in [6, 6.07) is 10.0. The van der Waals surface area contributed by atoms with Gasteiger partial charge in [-0.05, 0) is 63.9 Å². The molecular formula is C30H30F2N8O3. The highest BCUT2D eigenvalue weighted by Gasteiger charge is 2.32. The van der Waals surface area contributed by atoms with E-state index >= 15 is 0 Å². The Kier molecular flexibility index (Phi) is 7.24. The van der Waals surface area contributed by atoms with E-state index in [1.54, 1.807) is 53.5 Å². The molecule has 1 aliphatic heterocycles. The Labute approximate surface area is 246 Å². The van der Waals surface area contributed by atoms with Gasteiger partial charge in [-0.1, -0.05) is 0 Å². The fourth-order valence-corrected chi connectivity index (χ4v) is 5.06. The first kappa shape index (κ1) is 28.2. The molecule has 43 heavy (non-hydrogen) atoms. The zero-order valence-electron chi connectivity index (χ0n) is 24.2. The predicted molar refractivity (Wildman–Crippen MR) is 155 cm³/mol. The van der Waals surface area contributed by atoms with Crippen molar-refractivity contribution in [3.05, 3.63) is 66.5 Å². The monoisotopic (exact) mass is 588 g/mol. The van der Waals surface area contributed by atoms with Crippen molar-refractivity contribution in [3.63, 3.8) is 0 Å². The molecule has 1 amide bonds. The number of carbonyl (C=O) groups is 1. The molecule has 1 aromatic carbocycles. The third kappa shape index (κ3) is 5.87. The van der Waals surface area contributed by atoms with Crippen LogP contribution in [0.2, 0.25) is 0 Å². The maximum Gasteiger partial charge on any atom is 0.410 e. The summed E-state index contributed by atoms with van der Waals surface area (Å²) in [4.78, 5) is 25.2. The van der Waals surface area contributed by atoms with Gasteiger partial charge in [0.1, 0.15) is 35.1 Å². The fraction of sp³-hybridized carbons (Fsp3) is 0.333. The van der Waals surface area contributed by atoms with Gasteiger partial charge in [0.15, 0.2) is 5.65 Å². The van der Waals surface area contributed by atoms with Gasteiger partial charge in [-0.3, -0.25) is 4.98 Å². The van der Waals surface area contributed by atoms with Gasteiger partial charge in [0.25, 0.3) is 5.95 Å². The highest BCUT2D eigenvalue weighted by Crippen LogP contribution is 2.31. The fourth-order valence-electron chi connectivity index (χ4n) is 5.06. The number of fused-ring (bicyclic) bond motifs is 2. The first-order chi connectivity index (χ1) is 20.6. The van der Waals surface area contributed by atoms with Crippen LogP contribution >= 0.6 is 0 Å². The van der Waals surface area contributed by atoms with Crippen LogP contribution < -0.4 is 9.64 Å². The number of hydrogen-bond donors (Lipinski definition) is 0. The largest absolute Gasteiger partial charge is 0.490 e. The molecule has 5 heterocycles. The van der Waals surface area contributed by atoms with E-state index in [-0.39, 0.29) is 17.7 Å². The number of pyridine rings is 2. The average Bonchev–Trinajstić information content (AvgIpc) is 3.61. The maximum absolute atomic E-state index is 13.9. The molecule has 11 nitrogen and oxygen atoms in total. The van der Waals surface area contributed by atoms with Gasteiger partial charge in [0.2, 0.25) is 0 Å². The lowest BCUT2D eigenvalue weighted by Crippen LogP contribution is -2.42. The lowest BCUT2D eigenvalue weighted by Gasteiger charge is -2.28. The highest BCUT2D eigenvalue weighted by atomic mass is 19.1. The number of aromatic nitrogens is 6. The van der Waals surface area contributed by atoms with Crippen molar-refractivity contribution in [2.45, 2.75) is 45.3 Å². The molecule has 0 bridgehead atoms. The van der Waals surface area contributed by atoms with E-state index in [4.69, 9.17) is 9.47 Å². The minimum atomic E-state index is -0.695. The number of likely N-dealkylation sites (tertiary alicyclic amines) is 1. The van der Waals surface area contributed by atoms with E-state index in [0.29, 0.717) is 52.9 Å². The summed E-state index contributed by atoms with van der Waals surface area (Å²) in [6.07, 6.45) is 4.63. The molecule has 0 N–H and O–H groups in total. The Morgan fingerprint density at radius 2 is 1.86 bits per heavy atom. The zero-order valence-corrected chi connectivity index (χ0v) is 24.2. The molecule has 0 saturated carbocycles. The molecule has 13 heteroatoms. The van der Waals surface area contributed by atoms with Gasteiger partial charge in [0, 0.05) is 37.5 Å². The molecule has 1 aliphatic rings. The van der Waals surface area contributed by atoms with E-state index in [9.17, 15) is 13.6 Å². The molecule has 1 atom stereocenters. The number of halogens is 2. The average molecular weight is 589 g/mol. The Balaban J connectivity index is 1.23. The van der Waals surface area contributed by atoms with Crippen LogP contribution in [0.5, 0.6) is 5.75 Å². The van der Waals surface area contributed by atoms with Crippen molar-refractivity contribution in [1.82, 2.24) is 34.7 Å². The van der Waals surface area contributed by atoms with Gasteiger partial charge < -0.3 is 19.3 Å². The standard InChI is InChI=1S/C30H30F2N8O3/c1-30(2,3)43-29(41)39-11-5-6-21(39)17-42-22-15-24-27(34-16-22)25(9-10-33-24)38(4)28-36-35-26-8-7-23(37-40(26)28)18-12-19(31)14-20(32)13-18/h7-10,12-16,21H,5-6,11,17H2,1-4H3. The molecule has 222 valence electrons. The van der Waals surface area contributed by atoms with Crippen molar-refractivity contribution < 1.29 is 23.0 Å². The first-order valence-corrected chi connectivity index (χ1v) is 13.9. The second kappa shape index (κ2) is 11.0. The van der Waals surface area contributed by atoms with Crippen LogP contribution in [0.15, 0.2) is 54.9 Å². The van der Waals surface area contributed by atoms with Gasteiger partial charge in [0.05, 0.1) is 29.1 Å². The summed E-state index contributed by atoms with van der Waals surface area (Å²) < 4.78 is 40.8. The summed E-state index contributed by atoms with van der Waals surface area (Å²) in [5.41, 5.74) is 2.40. The van der Waals surface area contributed by atoms with Crippen molar-refractivity contribution in [2.75, 3.05) is 25.1 Å². The van der Waals surface area contributed by atoms with Gasteiger partial charge in [-0.15, -0.1) is 10.2 Å². The molecule has 1 unspecified atom stereocenters. The van der Waals surface area contributed by atoms with Crippen molar-refractivity contribution in [3.8, 4) is 17.0 Å². The van der Waals surface area contributed by atoms with Crippen molar-refractivity contribution in [1.29, 1.82) is 0 Å². The zero-order chi connectivity index (χ0) is 30.3. The molecule has 6 rings (SSSR count). The van der Waals surface area contributed by atoms with Crippen LogP contribution in [0.1, 0.15) is 33.6 Å². The molecule has 0 spiro atoms. The Hall–Kier alpha value is -4.94. The van der Waals surface area contributed by atoms with E-state index in [0.717, 1.165) is 18.9 Å². The normalized spacial score (nSPS) is 15.3. The molecule has 0 radical (unpaired) electrons. The summed E-state index contributed by atoms with van der Waals surface area (Å²) >= 11 is 0. The van der Waals surface area contributed by atoms with E-state index in [1.165, 1.54) is 16.6 Å². The lowest BCUT2D eigenvalue weighted by molar-refractivity contribution is 0.0187. The SMILES string of the molecule is CN(c1ccnc2cc(OCC3CCCN3C(=O)OC(C)(C)C)cnc12)c1nnc2ccc(-c3cc(F)cc(F)c3)nn12. The summed E-state index contributed by atoms with van der Waals surface area (Å²) in [5, 5.41) is 13.0. The Bertz CT molecular complexity index is 1800.